The minimum absolute atomic E-state index is 0.0105. The van der Waals surface area contributed by atoms with Crippen molar-refractivity contribution in [3.8, 4) is 5.75 Å². The Balaban J connectivity index is 1.95. The number of amides is 1. The molecule has 1 atom stereocenters. The summed E-state index contributed by atoms with van der Waals surface area (Å²) in [5.41, 5.74) is 0. The first-order chi connectivity index (χ1) is 9.61. The fourth-order valence-electron chi connectivity index (χ4n) is 2.56. The van der Waals surface area contributed by atoms with Crippen LogP contribution < -0.4 is 4.74 Å². The summed E-state index contributed by atoms with van der Waals surface area (Å²) < 4.78 is 5.52. The van der Waals surface area contributed by atoms with E-state index in [1.165, 1.54) is 6.42 Å². The summed E-state index contributed by atoms with van der Waals surface area (Å²) in [5, 5.41) is 1.01. The molecule has 0 N–H and O–H groups in total. The first-order valence-corrected chi connectivity index (χ1v) is 7.74. The first kappa shape index (κ1) is 15.5. The van der Waals surface area contributed by atoms with Crippen molar-refractivity contribution in [3.05, 3.63) is 28.2 Å². The monoisotopic (exact) mass is 315 g/mol. The van der Waals surface area contributed by atoms with Crippen LogP contribution in [0.1, 0.15) is 32.6 Å². The number of likely N-dealkylation sites (tertiary alicyclic amines) is 1. The summed E-state index contributed by atoms with van der Waals surface area (Å²) in [6, 6.07) is 5.33. The van der Waals surface area contributed by atoms with Gasteiger partial charge in [-0.3, -0.25) is 4.79 Å². The van der Waals surface area contributed by atoms with Gasteiger partial charge in [0.25, 0.3) is 5.91 Å². The van der Waals surface area contributed by atoms with Gasteiger partial charge in [-0.25, -0.2) is 0 Å². The second-order valence-corrected chi connectivity index (χ2v) is 5.85. The van der Waals surface area contributed by atoms with Crippen LogP contribution in [0.3, 0.4) is 0 Å². The van der Waals surface area contributed by atoms with Crippen LogP contribution in [0.25, 0.3) is 0 Å². The molecule has 1 heterocycles. The molecule has 1 aliphatic heterocycles. The third-order valence-electron chi connectivity index (χ3n) is 3.66. The number of carbonyl (C=O) groups excluding carboxylic acids is 1. The summed E-state index contributed by atoms with van der Waals surface area (Å²) in [5.74, 6) is 0.477. The third-order valence-corrected chi connectivity index (χ3v) is 4.21. The molecule has 1 unspecified atom stereocenters. The molecule has 1 aromatic rings. The Kier molecular flexibility index (Phi) is 5.55. The zero-order chi connectivity index (χ0) is 14.5. The molecule has 0 radical (unpaired) electrons. The fourth-order valence-corrected chi connectivity index (χ4v) is 2.90. The Bertz CT molecular complexity index is 479. The Morgan fingerprint density at radius 1 is 1.40 bits per heavy atom. The van der Waals surface area contributed by atoms with Crippen LogP contribution in [0.4, 0.5) is 0 Å². The minimum Gasteiger partial charge on any atom is -0.482 e. The average Bonchev–Trinajstić information content (AvgIpc) is 2.47. The van der Waals surface area contributed by atoms with Crippen molar-refractivity contribution in [2.45, 2.75) is 38.6 Å². The van der Waals surface area contributed by atoms with Gasteiger partial charge in [0.1, 0.15) is 5.75 Å². The maximum absolute atomic E-state index is 12.3. The average molecular weight is 316 g/mol. The van der Waals surface area contributed by atoms with Gasteiger partial charge in [0.05, 0.1) is 5.02 Å². The van der Waals surface area contributed by atoms with Crippen molar-refractivity contribution in [2.75, 3.05) is 13.2 Å². The van der Waals surface area contributed by atoms with Crippen molar-refractivity contribution in [1.29, 1.82) is 0 Å². The van der Waals surface area contributed by atoms with E-state index in [1.54, 1.807) is 18.2 Å². The molecule has 20 heavy (non-hydrogen) atoms. The number of halogens is 2. The second-order valence-electron chi connectivity index (χ2n) is 5.01. The van der Waals surface area contributed by atoms with Gasteiger partial charge in [-0.1, -0.05) is 30.1 Å². The van der Waals surface area contributed by atoms with E-state index in [0.29, 0.717) is 21.8 Å². The van der Waals surface area contributed by atoms with E-state index in [1.807, 2.05) is 4.90 Å². The Labute approximate surface area is 129 Å². The summed E-state index contributed by atoms with van der Waals surface area (Å²) in [4.78, 5) is 14.2. The molecule has 1 amide bonds. The zero-order valence-electron chi connectivity index (χ0n) is 11.6. The van der Waals surface area contributed by atoms with E-state index >= 15 is 0 Å². The quantitative estimate of drug-likeness (QED) is 0.834. The molecule has 0 bridgehead atoms. The standard InChI is InChI=1S/C15H19Cl2NO2/c1-2-12-5-3-4-8-18(12)15(19)10-20-14-9-11(16)6-7-13(14)17/h6-7,9,12H,2-5,8,10H2,1H3. The lowest BCUT2D eigenvalue weighted by Gasteiger charge is -2.35. The van der Waals surface area contributed by atoms with Gasteiger partial charge >= 0.3 is 0 Å². The highest BCUT2D eigenvalue weighted by molar-refractivity contribution is 6.34. The van der Waals surface area contributed by atoms with E-state index in [4.69, 9.17) is 27.9 Å². The van der Waals surface area contributed by atoms with Crippen LogP contribution in [0, 0.1) is 0 Å². The fraction of sp³-hybridized carbons (Fsp3) is 0.533. The highest BCUT2D eigenvalue weighted by atomic mass is 35.5. The van der Waals surface area contributed by atoms with Crippen LogP contribution >= 0.6 is 23.2 Å². The topological polar surface area (TPSA) is 29.5 Å². The predicted octanol–water partition coefficient (Wildman–Crippen LogP) is 4.16. The van der Waals surface area contributed by atoms with E-state index in [-0.39, 0.29) is 12.5 Å². The van der Waals surface area contributed by atoms with Gasteiger partial charge < -0.3 is 9.64 Å². The van der Waals surface area contributed by atoms with Crippen molar-refractivity contribution in [1.82, 2.24) is 4.90 Å². The van der Waals surface area contributed by atoms with Crippen LogP contribution in [-0.2, 0) is 4.79 Å². The smallest absolute Gasteiger partial charge is 0.260 e. The Morgan fingerprint density at radius 2 is 2.20 bits per heavy atom. The lowest BCUT2D eigenvalue weighted by molar-refractivity contribution is -0.137. The minimum atomic E-state index is 0.0105. The molecule has 1 fully saturated rings. The number of benzene rings is 1. The molecule has 1 saturated heterocycles. The normalized spacial score (nSPS) is 18.9. The molecular formula is C15H19Cl2NO2. The lowest BCUT2D eigenvalue weighted by atomic mass is 10.00. The molecule has 0 spiro atoms. The van der Waals surface area contributed by atoms with E-state index in [9.17, 15) is 4.79 Å². The van der Waals surface area contributed by atoms with E-state index in [2.05, 4.69) is 6.92 Å². The summed E-state index contributed by atoms with van der Waals surface area (Å²) in [6.45, 7) is 2.95. The second kappa shape index (κ2) is 7.19. The van der Waals surface area contributed by atoms with Gasteiger partial charge in [0.15, 0.2) is 6.61 Å². The molecule has 3 nitrogen and oxygen atoms in total. The molecule has 0 aliphatic carbocycles. The van der Waals surface area contributed by atoms with Crippen molar-refractivity contribution < 1.29 is 9.53 Å². The number of hydrogen-bond acceptors (Lipinski definition) is 2. The SMILES string of the molecule is CCC1CCCCN1C(=O)COc1cc(Cl)ccc1Cl. The van der Waals surface area contributed by atoms with Gasteiger partial charge in [0, 0.05) is 23.7 Å². The van der Waals surface area contributed by atoms with Gasteiger partial charge in [-0.15, -0.1) is 0 Å². The van der Waals surface area contributed by atoms with E-state index < -0.39 is 0 Å². The predicted molar refractivity (Wildman–Crippen MR) is 81.6 cm³/mol. The highest BCUT2D eigenvalue weighted by Crippen LogP contribution is 2.28. The van der Waals surface area contributed by atoms with Gasteiger partial charge in [-0.2, -0.15) is 0 Å². The zero-order valence-corrected chi connectivity index (χ0v) is 13.1. The van der Waals surface area contributed by atoms with Gasteiger partial charge in [0.2, 0.25) is 0 Å². The third kappa shape index (κ3) is 3.80. The van der Waals surface area contributed by atoms with Crippen molar-refractivity contribution in [2.24, 2.45) is 0 Å². The van der Waals surface area contributed by atoms with Gasteiger partial charge in [-0.05, 0) is 37.8 Å². The molecule has 1 aliphatic rings. The maximum Gasteiger partial charge on any atom is 0.260 e. The molecular weight excluding hydrogens is 297 g/mol. The number of ether oxygens (including phenoxy) is 1. The van der Waals surface area contributed by atoms with Crippen LogP contribution in [0.2, 0.25) is 10.0 Å². The number of hydrogen-bond donors (Lipinski definition) is 0. The van der Waals surface area contributed by atoms with Crippen LogP contribution in [0.15, 0.2) is 18.2 Å². The number of rotatable bonds is 4. The first-order valence-electron chi connectivity index (χ1n) is 6.99. The van der Waals surface area contributed by atoms with E-state index in [0.717, 1.165) is 25.8 Å². The van der Waals surface area contributed by atoms with Crippen molar-refractivity contribution >= 4 is 29.1 Å². The summed E-state index contributed by atoms with van der Waals surface area (Å²) in [6.07, 6.45) is 4.34. The molecule has 0 aromatic heterocycles. The largest absolute Gasteiger partial charge is 0.482 e. The van der Waals surface area contributed by atoms with Crippen molar-refractivity contribution in [3.63, 3.8) is 0 Å². The molecule has 2 rings (SSSR count). The molecule has 0 saturated carbocycles. The van der Waals surface area contributed by atoms with Crippen LogP contribution in [0.5, 0.6) is 5.75 Å². The molecule has 110 valence electrons. The number of nitrogens with zero attached hydrogens (tertiary/aromatic N) is 1. The molecule has 5 heteroatoms. The Hall–Kier alpha value is -0.930. The highest BCUT2D eigenvalue weighted by Gasteiger charge is 2.25. The lowest BCUT2D eigenvalue weighted by Crippen LogP contribution is -2.45. The summed E-state index contributed by atoms with van der Waals surface area (Å²) in [7, 11) is 0. The maximum atomic E-state index is 12.3. The summed E-state index contributed by atoms with van der Waals surface area (Å²) >= 11 is 11.9. The number of carbonyl (C=O) groups is 1. The molecule has 1 aromatic carbocycles. The number of piperidine rings is 1. The Morgan fingerprint density at radius 3 is 2.95 bits per heavy atom. The van der Waals surface area contributed by atoms with Crippen LogP contribution in [-0.4, -0.2) is 30.0 Å².